The van der Waals surface area contributed by atoms with Crippen LogP contribution in [0.3, 0.4) is 0 Å². The summed E-state index contributed by atoms with van der Waals surface area (Å²) in [5, 5.41) is 13.2. The minimum absolute atomic E-state index is 0.00405. The van der Waals surface area contributed by atoms with E-state index < -0.39 is 22.0 Å². The lowest BCUT2D eigenvalue weighted by molar-refractivity contribution is -0.137. The van der Waals surface area contributed by atoms with Gasteiger partial charge in [-0.2, -0.15) is 0 Å². The van der Waals surface area contributed by atoms with Crippen molar-refractivity contribution in [2.24, 2.45) is 0 Å². The molecule has 9 heteroatoms. The van der Waals surface area contributed by atoms with Crippen molar-refractivity contribution in [1.29, 1.82) is 0 Å². The Labute approximate surface area is 99.8 Å². The lowest BCUT2D eigenvalue weighted by atomic mass is 10.3. The predicted octanol–water partition coefficient (Wildman–Crippen LogP) is -1.30. The van der Waals surface area contributed by atoms with E-state index in [1.165, 1.54) is 0 Å². The van der Waals surface area contributed by atoms with Gasteiger partial charge in [-0.15, -0.1) is 0 Å². The van der Waals surface area contributed by atoms with Gasteiger partial charge in [0, 0.05) is 26.1 Å². The number of amides is 2. The molecule has 8 nitrogen and oxygen atoms in total. The first-order chi connectivity index (χ1) is 7.81. The molecule has 0 bridgehead atoms. The maximum atomic E-state index is 11.1. The number of hydrogen-bond acceptors (Lipinski definition) is 4. The lowest BCUT2D eigenvalue weighted by Gasteiger charge is -2.07. The minimum atomic E-state index is -3.24. The summed E-state index contributed by atoms with van der Waals surface area (Å²) < 4.78 is 23.5. The van der Waals surface area contributed by atoms with Gasteiger partial charge >= 0.3 is 12.0 Å². The van der Waals surface area contributed by atoms with Crippen molar-refractivity contribution < 1.29 is 23.1 Å². The van der Waals surface area contributed by atoms with Crippen molar-refractivity contribution in [2.75, 3.05) is 25.9 Å². The van der Waals surface area contributed by atoms with Crippen LogP contribution >= 0.6 is 0 Å². The smallest absolute Gasteiger partial charge is 0.314 e. The summed E-state index contributed by atoms with van der Waals surface area (Å²) in [6.07, 6.45) is 1.37. The molecule has 0 saturated carbocycles. The Morgan fingerprint density at radius 2 is 1.71 bits per heavy atom. The van der Waals surface area contributed by atoms with Crippen LogP contribution < -0.4 is 15.4 Å². The molecule has 0 rings (SSSR count). The van der Waals surface area contributed by atoms with Crippen LogP contribution in [0.15, 0.2) is 0 Å². The van der Waals surface area contributed by atoms with Crippen LogP contribution in [-0.2, 0) is 14.8 Å². The molecule has 0 aliphatic carbocycles. The Bertz CT molecular complexity index is 354. The van der Waals surface area contributed by atoms with E-state index >= 15 is 0 Å². The third-order valence-electron chi connectivity index (χ3n) is 1.63. The molecule has 0 aromatic carbocycles. The number of carbonyl (C=O) groups is 2. The highest BCUT2D eigenvalue weighted by molar-refractivity contribution is 7.88. The van der Waals surface area contributed by atoms with Crippen molar-refractivity contribution >= 4 is 22.0 Å². The average molecular weight is 267 g/mol. The van der Waals surface area contributed by atoms with Crippen molar-refractivity contribution in [3.8, 4) is 0 Å². The molecule has 0 saturated heterocycles. The van der Waals surface area contributed by atoms with Gasteiger partial charge in [-0.05, 0) is 6.42 Å². The highest BCUT2D eigenvalue weighted by Gasteiger charge is 2.02. The van der Waals surface area contributed by atoms with Gasteiger partial charge in [0.25, 0.3) is 0 Å². The van der Waals surface area contributed by atoms with Gasteiger partial charge in [0.1, 0.15) is 0 Å². The number of rotatable bonds is 8. The van der Waals surface area contributed by atoms with Gasteiger partial charge in [-0.1, -0.05) is 0 Å². The second-order valence-corrected chi connectivity index (χ2v) is 5.18. The number of carbonyl (C=O) groups excluding carboxylic acids is 1. The molecule has 0 aliphatic rings. The van der Waals surface area contributed by atoms with Crippen LogP contribution in [0.25, 0.3) is 0 Å². The maximum Gasteiger partial charge on any atom is 0.314 e. The standard InChI is InChI=1S/C8H17N3O5S/c1-17(15,16)11-6-5-10-8(14)9-4-2-3-7(12)13/h11H,2-6H2,1H3,(H,12,13)(H2,9,10,14). The zero-order valence-electron chi connectivity index (χ0n) is 9.52. The van der Waals surface area contributed by atoms with E-state index in [9.17, 15) is 18.0 Å². The third-order valence-corrected chi connectivity index (χ3v) is 2.36. The summed E-state index contributed by atoms with van der Waals surface area (Å²) in [7, 11) is -3.24. The fourth-order valence-electron chi connectivity index (χ4n) is 0.916. The van der Waals surface area contributed by atoms with Gasteiger partial charge in [0.05, 0.1) is 6.26 Å². The van der Waals surface area contributed by atoms with Gasteiger partial charge < -0.3 is 15.7 Å². The van der Waals surface area contributed by atoms with E-state index in [1.807, 2.05) is 0 Å². The van der Waals surface area contributed by atoms with Crippen molar-refractivity contribution in [2.45, 2.75) is 12.8 Å². The molecule has 100 valence electrons. The fourth-order valence-corrected chi connectivity index (χ4v) is 1.39. The molecule has 0 aliphatic heterocycles. The van der Waals surface area contributed by atoms with Crippen LogP contribution in [0.4, 0.5) is 4.79 Å². The molecule has 0 radical (unpaired) electrons. The van der Waals surface area contributed by atoms with Crippen LogP contribution in [0.5, 0.6) is 0 Å². The first kappa shape index (κ1) is 15.7. The molecule has 0 spiro atoms. The van der Waals surface area contributed by atoms with E-state index in [1.54, 1.807) is 0 Å². The van der Waals surface area contributed by atoms with Gasteiger partial charge in [-0.25, -0.2) is 17.9 Å². The van der Waals surface area contributed by atoms with Crippen molar-refractivity contribution in [3.63, 3.8) is 0 Å². The van der Waals surface area contributed by atoms with Gasteiger partial charge in [0.15, 0.2) is 0 Å². The molecular formula is C8H17N3O5S. The Morgan fingerprint density at radius 1 is 1.12 bits per heavy atom. The molecule has 0 fully saturated rings. The van der Waals surface area contributed by atoms with Crippen LogP contribution in [0.2, 0.25) is 0 Å². The van der Waals surface area contributed by atoms with E-state index in [0.29, 0.717) is 6.42 Å². The zero-order chi connectivity index (χ0) is 13.3. The average Bonchev–Trinajstić information content (AvgIpc) is 2.18. The van der Waals surface area contributed by atoms with Crippen LogP contribution in [-0.4, -0.2) is 51.4 Å². The molecule has 2 amide bonds. The van der Waals surface area contributed by atoms with E-state index in [2.05, 4.69) is 15.4 Å². The summed E-state index contributed by atoms with van der Waals surface area (Å²) in [6, 6.07) is -0.453. The van der Waals surface area contributed by atoms with E-state index in [0.717, 1.165) is 6.26 Å². The summed E-state index contributed by atoms with van der Waals surface area (Å²) in [5.41, 5.74) is 0. The molecule has 0 heterocycles. The number of hydrogen-bond donors (Lipinski definition) is 4. The first-order valence-corrected chi connectivity index (χ1v) is 6.88. The monoisotopic (exact) mass is 267 g/mol. The molecule has 0 aromatic rings. The quantitative estimate of drug-likeness (QED) is 0.407. The number of urea groups is 1. The summed E-state index contributed by atoms with van der Waals surface area (Å²) >= 11 is 0. The molecule has 17 heavy (non-hydrogen) atoms. The second kappa shape index (κ2) is 7.85. The van der Waals surface area contributed by atoms with Gasteiger partial charge in [0.2, 0.25) is 10.0 Å². The van der Waals surface area contributed by atoms with Crippen LogP contribution in [0.1, 0.15) is 12.8 Å². The molecular weight excluding hydrogens is 250 g/mol. The third kappa shape index (κ3) is 12.6. The molecule has 4 N–H and O–H groups in total. The minimum Gasteiger partial charge on any atom is -0.481 e. The topological polar surface area (TPSA) is 125 Å². The lowest BCUT2D eigenvalue weighted by Crippen LogP contribution is -2.40. The molecule has 0 atom stereocenters. The predicted molar refractivity (Wildman–Crippen MR) is 61.1 cm³/mol. The largest absolute Gasteiger partial charge is 0.481 e. The number of sulfonamides is 1. The highest BCUT2D eigenvalue weighted by atomic mass is 32.2. The van der Waals surface area contributed by atoms with Crippen molar-refractivity contribution in [3.05, 3.63) is 0 Å². The normalized spacial score (nSPS) is 10.9. The fraction of sp³-hybridized carbons (Fsp3) is 0.750. The summed E-state index contributed by atoms with van der Waals surface area (Å²) in [5.74, 6) is -0.912. The molecule has 0 aromatic heterocycles. The number of carboxylic acids is 1. The number of carboxylic acid groups (broad SMARTS) is 1. The Hall–Kier alpha value is -1.35. The molecule has 0 unspecified atom stereocenters. The Balaban J connectivity index is 3.44. The summed E-state index contributed by atoms with van der Waals surface area (Å²) in [6.45, 7) is 0.539. The van der Waals surface area contributed by atoms with Gasteiger partial charge in [-0.3, -0.25) is 4.79 Å². The Kier molecular flexibility index (Phi) is 7.22. The highest BCUT2D eigenvalue weighted by Crippen LogP contribution is 1.85. The Morgan fingerprint density at radius 3 is 2.24 bits per heavy atom. The van der Waals surface area contributed by atoms with E-state index in [-0.39, 0.29) is 26.1 Å². The maximum absolute atomic E-state index is 11.1. The second-order valence-electron chi connectivity index (χ2n) is 3.35. The number of nitrogens with one attached hydrogen (secondary N) is 3. The zero-order valence-corrected chi connectivity index (χ0v) is 10.3. The van der Waals surface area contributed by atoms with E-state index in [4.69, 9.17) is 5.11 Å². The van der Waals surface area contributed by atoms with Crippen LogP contribution in [0, 0.1) is 0 Å². The number of aliphatic carboxylic acids is 1. The summed E-state index contributed by atoms with van der Waals surface area (Å²) in [4.78, 5) is 21.2. The van der Waals surface area contributed by atoms with Crippen molar-refractivity contribution in [1.82, 2.24) is 15.4 Å². The first-order valence-electron chi connectivity index (χ1n) is 4.99. The SMILES string of the molecule is CS(=O)(=O)NCCNC(=O)NCCCC(=O)O.